The number of amides is 1. The van der Waals surface area contributed by atoms with Gasteiger partial charge in [0.2, 0.25) is 0 Å². The molecule has 1 saturated heterocycles. The maximum Gasteiger partial charge on any atom is 0.255 e. The molecule has 7 heteroatoms. The van der Waals surface area contributed by atoms with Gasteiger partial charge in [-0.25, -0.2) is 4.98 Å². The van der Waals surface area contributed by atoms with Crippen molar-refractivity contribution in [1.82, 2.24) is 25.0 Å². The lowest BCUT2D eigenvalue weighted by atomic mass is 10.1. The number of likely N-dealkylation sites (tertiary alicyclic amines) is 1. The molecule has 3 aromatic rings. The highest BCUT2D eigenvalue weighted by Gasteiger charge is 2.25. The highest BCUT2D eigenvalue weighted by Crippen LogP contribution is 2.22. The lowest BCUT2D eigenvalue weighted by Gasteiger charge is -2.18. The third kappa shape index (κ3) is 4.36. The molecule has 0 aliphatic carbocycles. The molecule has 3 heterocycles. The zero-order chi connectivity index (χ0) is 21.3. The minimum absolute atomic E-state index is 0.102. The number of hydrogen-bond donors (Lipinski definition) is 2. The molecule has 1 amide bonds. The molecule has 7 nitrogen and oxygen atoms in total. The Morgan fingerprint density at radius 3 is 2.77 bits per heavy atom. The summed E-state index contributed by atoms with van der Waals surface area (Å²) in [4.78, 5) is 19.5. The Bertz CT molecular complexity index is 1070. The summed E-state index contributed by atoms with van der Waals surface area (Å²) in [5.41, 5.74) is 12.1. The maximum atomic E-state index is 12.9. The van der Waals surface area contributed by atoms with Crippen LogP contribution in [-0.4, -0.2) is 44.7 Å². The van der Waals surface area contributed by atoms with E-state index in [1.165, 1.54) is 16.7 Å². The predicted octanol–water partition coefficient (Wildman–Crippen LogP) is 2.69. The van der Waals surface area contributed by atoms with Crippen LogP contribution in [0.15, 0.2) is 42.9 Å². The number of carbonyl (C=O) groups excluding carboxylic acids is 1. The average molecular weight is 405 g/mol. The van der Waals surface area contributed by atoms with Gasteiger partial charge < -0.3 is 11.1 Å². The Morgan fingerprint density at radius 2 is 2.03 bits per heavy atom. The molecule has 0 unspecified atom stereocenters. The molecule has 1 aromatic carbocycles. The Hall–Kier alpha value is -3.19. The lowest BCUT2D eigenvalue weighted by molar-refractivity contribution is 0.0938. The molecule has 0 saturated carbocycles. The molecular formula is C23H28N6O. The molecule has 0 spiro atoms. The van der Waals surface area contributed by atoms with Crippen molar-refractivity contribution in [2.24, 2.45) is 7.05 Å². The molecule has 2 aromatic heterocycles. The number of aromatic nitrogens is 3. The van der Waals surface area contributed by atoms with Gasteiger partial charge in [0.25, 0.3) is 5.91 Å². The number of nitrogens with two attached hydrogens (primary N) is 1. The second-order valence-corrected chi connectivity index (χ2v) is 8.17. The van der Waals surface area contributed by atoms with Gasteiger partial charge in [-0.2, -0.15) is 5.10 Å². The van der Waals surface area contributed by atoms with Gasteiger partial charge in [0.15, 0.2) is 0 Å². The number of nitrogens with one attached hydrogen (secondary N) is 1. The number of nitrogen functional groups attached to an aromatic ring is 1. The van der Waals surface area contributed by atoms with Crippen molar-refractivity contribution in [3.05, 3.63) is 65.1 Å². The van der Waals surface area contributed by atoms with Crippen LogP contribution in [0.5, 0.6) is 0 Å². The summed E-state index contributed by atoms with van der Waals surface area (Å²) < 4.78 is 1.72. The first kappa shape index (κ1) is 20.1. The van der Waals surface area contributed by atoms with E-state index in [4.69, 9.17) is 5.73 Å². The normalized spacial score (nSPS) is 16.7. The van der Waals surface area contributed by atoms with Crippen LogP contribution < -0.4 is 11.1 Å². The van der Waals surface area contributed by atoms with Gasteiger partial charge in [-0.15, -0.1) is 0 Å². The van der Waals surface area contributed by atoms with Gasteiger partial charge in [0.05, 0.1) is 11.8 Å². The van der Waals surface area contributed by atoms with Gasteiger partial charge in [-0.3, -0.25) is 14.4 Å². The third-order valence-corrected chi connectivity index (χ3v) is 5.79. The Kier molecular flexibility index (Phi) is 5.55. The Balaban J connectivity index is 1.40. The summed E-state index contributed by atoms with van der Waals surface area (Å²) >= 11 is 0. The molecule has 1 fully saturated rings. The van der Waals surface area contributed by atoms with Crippen LogP contribution in [0.2, 0.25) is 0 Å². The fraction of sp³-hybridized carbons (Fsp3) is 0.348. The summed E-state index contributed by atoms with van der Waals surface area (Å²) in [6.07, 6.45) is 6.23. The summed E-state index contributed by atoms with van der Waals surface area (Å²) in [5, 5.41) is 7.31. The quantitative estimate of drug-likeness (QED) is 0.683. The summed E-state index contributed by atoms with van der Waals surface area (Å²) in [6.45, 7) is 6.96. The van der Waals surface area contributed by atoms with Crippen LogP contribution >= 0.6 is 0 Å². The van der Waals surface area contributed by atoms with Crippen molar-refractivity contribution in [3.63, 3.8) is 0 Å². The van der Waals surface area contributed by atoms with E-state index in [1.807, 2.05) is 13.2 Å². The minimum Gasteiger partial charge on any atom is -0.383 e. The van der Waals surface area contributed by atoms with Gasteiger partial charge in [-0.1, -0.05) is 18.2 Å². The molecule has 4 rings (SSSR count). The van der Waals surface area contributed by atoms with Crippen molar-refractivity contribution in [2.75, 3.05) is 18.8 Å². The highest BCUT2D eigenvalue weighted by atomic mass is 16.1. The molecule has 0 bridgehead atoms. The van der Waals surface area contributed by atoms with Crippen LogP contribution in [0, 0.1) is 13.8 Å². The van der Waals surface area contributed by atoms with Crippen molar-refractivity contribution >= 4 is 11.7 Å². The van der Waals surface area contributed by atoms with Crippen LogP contribution in [0.3, 0.4) is 0 Å². The van der Waals surface area contributed by atoms with E-state index < -0.39 is 0 Å². The molecule has 1 aliphatic rings. The summed E-state index contributed by atoms with van der Waals surface area (Å²) in [5.74, 6) is 0.0638. The number of carbonyl (C=O) groups is 1. The van der Waals surface area contributed by atoms with Gasteiger partial charge >= 0.3 is 0 Å². The second-order valence-electron chi connectivity index (χ2n) is 8.17. The second kappa shape index (κ2) is 8.28. The summed E-state index contributed by atoms with van der Waals surface area (Å²) in [7, 11) is 1.85. The average Bonchev–Trinajstić information content (AvgIpc) is 3.34. The highest BCUT2D eigenvalue weighted by molar-refractivity contribution is 5.99. The number of hydrogen-bond acceptors (Lipinski definition) is 5. The van der Waals surface area contributed by atoms with E-state index in [0.717, 1.165) is 37.2 Å². The molecule has 3 N–H and O–H groups in total. The predicted molar refractivity (Wildman–Crippen MR) is 118 cm³/mol. The van der Waals surface area contributed by atoms with E-state index in [2.05, 4.69) is 52.3 Å². The molecule has 1 aliphatic heterocycles. The maximum absolute atomic E-state index is 12.9. The Labute approximate surface area is 176 Å². The van der Waals surface area contributed by atoms with Gasteiger partial charge in [0.1, 0.15) is 5.82 Å². The van der Waals surface area contributed by atoms with E-state index in [-0.39, 0.29) is 17.8 Å². The summed E-state index contributed by atoms with van der Waals surface area (Å²) in [6, 6.07) is 8.49. The third-order valence-electron chi connectivity index (χ3n) is 5.79. The van der Waals surface area contributed by atoms with Crippen molar-refractivity contribution < 1.29 is 4.79 Å². The first-order valence-corrected chi connectivity index (χ1v) is 10.2. The SMILES string of the molecule is Cc1ccc(CN2CC[C@@H](NC(=O)c3cc(-c4cnn(C)c4)cnc3N)C2)cc1C. The monoisotopic (exact) mass is 404 g/mol. The number of aryl methyl sites for hydroxylation is 3. The molecular weight excluding hydrogens is 376 g/mol. The number of nitrogens with zero attached hydrogens (tertiary/aromatic N) is 4. The van der Waals surface area contributed by atoms with Crippen LogP contribution in [0.1, 0.15) is 33.5 Å². The van der Waals surface area contributed by atoms with Crippen molar-refractivity contribution in [3.8, 4) is 11.1 Å². The van der Waals surface area contributed by atoms with Crippen molar-refractivity contribution in [1.29, 1.82) is 0 Å². The minimum atomic E-state index is -0.177. The molecule has 0 radical (unpaired) electrons. The topological polar surface area (TPSA) is 89.1 Å². The standard InChI is InChI=1S/C23H28N6O/c1-15-4-5-17(8-16(15)2)12-29-7-6-20(14-29)27-23(30)21-9-18(10-25-22(21)24)19-11-26-28(3)13-19/h4-5,8-11,13,20H,6-7,12,14H2,1-3H3,(H2,24,25)(H,27,30)/t20-/m1/s1. The Morgan fingerprint density at radius 1 is 1.20 bits per heavy atom. The van der Waals surface area contributed by atoms with E-state index in [0.29, 0.717) is 5.56 Å². The number of anilines is 1. The largest absolute Gasteiger partial charge is 0.383 e. The zero-order valence-corrected chi connectivity index (χ0v) is 17.7. The van der Waals surface area contributed by atoms with E-state index >= 15 is 0 Å². The number of benzene rings is 1. The van der Waals surface area contributed by atoms with E-state index in [1.54, 1.807) is 23.1 Å². The van der Waals surface area contributed by atoms with Gasteiger partial charge in [-0.05, 0) is 43.0 Å². The van der Waals surface area contributed by atoms with Crippen LogP contribution in [0.4, 0.5) is 5.82 Å². The number of pyridine rings is 1. The smallest absolute Gasteiger partial charge is 0.255 e. The fourth-order valence-electron chi connectivity index (χ4n) is 3.90. The van der Waals surface area contributed by atoms with Crippen molar-refractivity contribution in [2.45, 2.75) is 32.9 Å². The first-order valence-electron chi connectivity index (χ1n) is 10.2. The first-order chi connectivity index (χ1) is 14.4. The zero-order valence-electron chi connectivity index (χ0n) is 17.7. The van der Waals surface area contributed by atoms with Gasteiger partial charge in [0, 0.05) is 56.2 Å². The fourth-order valence-corrected chi connectivity index (χ4v) is 3.90. The van der Waals surface area contributed by atoms with Crippen LogP contribution in [-0.2, 0) is 13.6 Å². The lowest BCUT2D eigenvalue weighted by Crippen LogP contribution is -2.37. The molecule has 30 heavy (non-hydrogen) atoms. The van der Waals surface area contributed by atoms with E-state index in [9.17, 15) is 4.79 Å². The number of rotatable bonds is 5. The van der Waals surface area contributed by atoms with Crippen LogP contribution in [0.25, 0.3) is 11.1 Å². The molecule has 1 atom stereocenters. The molecule has 156 valence electrons.